The third kappa shape index (κ3) is 28.5. The Morgan fingerprint density at radius 3 is 1.24 bits per heavy atom. The van der Waals surface area contributed by atoms with Crippen LogP contribution in [0, 0.1) is 0 Å². The number of carbonyl (C=O) groups excluding carboxylic acids is 4. The van der Waals surface area contributed by atoms with Crippen LogP contribution in [0.5, 0.6) is 17.2 Å². The van der Waals surface area contributed by atoms with Gasteiger partial charge in [0.05, 0.1) is 71.9 Å². The Kier molecular flexibility index (Phi) is 29.8. The van der Waals surface area contributed by atoms with Crippen molar-refractivity contribution < 1.29 is 56.8 Å². The van der Waals surface area contributed by atoms with Crippen molar-refractivity contribution in [1.82, 2.24) is 0 Å². The molecule has 2 rings (SSSR count). The van der Waals surface area contributed by atoms with Crippen LogP contribution in [-0.4, -0.2) is 102 Å². The summed E-state index contributed by atoms with van der Waals surface area (Å²) in [7, 11) is 6.32. The van der Waals surface area contributed by atoms with E-state index < -0.39 is 11.9 Å². The summed E-state index contributed by atoms with van der Waals surface area (Å²) in [5.41, 5.74) is 0.850. The Bertz CT molecular complexity index is 1580. The van der Waals surface area contributed by atoms with E-state index in [1.165, 1.54) is 50.7 Å². The molecule has 0 aliphatic rings. The highest BCUT2D eigenvalue weighted by atomic mass is 16.5. The number of nitrogens with zero attached hydrogens (tertiary/aromatic N) is 1. The van der Waals surface area contributed by atoms with Crippen LogP contribution in [0.4, 0.5) is 0 Å². The average Bonchev–Trinajstić information content (AvgIpc) is 3.27. The first-order valence-electron chi connectivity index (χ1n) is 23.4. The van der Waals surface area contributed by atoms with Gasteiger partial charge in [-0.3, -0.25) is 0 Å². The van der Waals surface area contributed by atoms with Gasteiger partial charge >= 0.3 is 23.9 Å². The molecule has 63 heavy (non-hydrogen) atoms. The Hall–Kier alpha value is -4.84. The van der Waals surface area contributed by atoms with Gasteiger partial charge in [-0.1, -0.05) is 103 Å². The van der Waals surface area contributed by atoms with Gasteiger partial charge in [-0.2, -0.15) is 0 Å². The third-order valence-electron chi connectivity index (χ3n) is 10.2. The second kappa shape index (κ2) is 34.6. The van der Waals surface area contributed by atoms with Gasteiger partial charge in [-0.05, 0) is 81.0 Å². The molecule has 0 aromatic heterocycles. The standard InChI is InChI=1S/C51H78NO11/c1-6-48(53)60-37-24-20-16-12-8-10-14-18-22-35-58-46-33-30-44(42-47(46)59-36-23-19-15-11-9-13-17-21-25-38-61-49(54)7-2)51(56)63-40-27-26-39-62-50(55)43-28-31-45(32-29-43)57-41-34-52(3,4)5/h6-7,28-33,42H,1-2,8-27,34-41H2,3-5H3/q+1. The summed E-state index contributed by atoms with van der Waals surface area (Å²) in [6, 6.07) is 12.2. The molecule has 0 radical (unpaired) electrons. The van der Waals surface area contributed by atoms with Gasteiger partial charge < -0.3 is 37.6 Å². The van der Waals surface area contributed by atoms with Gasteiger partial charge in [-0.15, -0.1) is 0 Å². The van der Waals surface area contributed by atoms with Crippen LogP contribution in [0.1, 0.15) is 149 Å². The highest BCUT2D eigenvalue weighted by molar-refractivity contribution is 5.90. The lowest BCUT2D eigenvalue weighted by atomic mass is 10.1. The second-order valence-corrected chi connectivity index (χ2v) is 16.8. The van der Waals surface area contributed by atoms with Crippen molar-refractivity contribution in [3.63, 3.8) is 0 Å². The van der Waals surface area contributed by atoms with E-state index in [0.717, 1.165) is 88.1 Å². The number of benzene rings is 2. The molecule has 0 heterocycles. The molecule has 0 saturated carbocycles. The van der Waals surface area contributed by atoms with Gasteiger partial charge in [0.1, 0.15) is 18.9 Å². The third-order valence-corrected chi connectivity index (χ3v) is 10.2. The van der Waals surface area contributed by atoms with Gasteiger partial charge in [-0.25, -0.2) is 19.2 Å². The first-order chi connectivity index (χ1) is 30.5. The van der Waals surface area contributed by atoms with Gasteiger partial charge in [0.25, 0.3) is 0 Å². The van der Waals surface area contributed by atoms with Crippen molar-refractivity contribution in [2.45, 2.75) is 128 Å². The molecular weight excluding hydrogens is 803 g/mol. The summed E-state index contributed by atoms with van der Waals surface area (Å²) in [6.07, 6.45) is 22.9. The van der Waals surface area contributed by atoms with Gasteiger partial charge in [0.15, 0.2) is 11.5 Å². The maximum Gasteiger partial charge on any atom is 0.338 e. The number of ether oxygens (including phenoxy) is 7. The number of hydrogen-bond donors (Lipinski definition) is 0. The largest absolute Gasteiger partial charge is 0.490 e. The van der Waals surface area contributed by atoms with Crippen LogP contribution in [0.3, 0.4) is 0 Å². The molecule has 0 unspecified atom stereocenters. The normalized spacial score (nSPS) is 11.0. The van der Waals surface area contributed by atoms with Crippen LogP contribution in [-0.2, 0) is 28.5 Å². The molecule has 0 aliphatic heterocycles. The summed E-state index contributed by atoms with van der Waals surface area (Å²) < 4.78 is 40.0. The summed E-state index contributed by atoms with van der Waals surface area (Å²) in [5.74, 6) is 0.301. The minimum absolute atomic E-state index is 0.197. The van der Waals surface area contributed by atoms with Gasteiger partial charge in [0.2, 0.25) is 0 Å². The van der Waals surface area contributed by atoms with E-state index in [0.29, 0.717) is 74.3 Å². The quantitative estimate of drug-likeness (QED) is 0.0209. The molecule has 0 N–H and O–H groups in total. The van der Waals surface area contributed by atoms with E-state index in [2.05, 4.69) is 34.3 Å². The lowest BCUT2D eigenvalue weighted by molar-refractivity contribution is -0.870. The first-order valence-corrected chi connectivity index (χ1v) is 23.4. The van der Waals surface area contributed by atoms with Crippen molar-refractivity contribution >= 4 is 23.9 Å². The SMILES string of the molecule is C=CC(=O)OCCCCCCCCCCCOc1ccc(C(=O)OCCCCOC(=O)c2ccc(OCC[N+](C)(C)C)cc2)cc1OCCCCCCCCCCCOC(=O)C=C. The van der Waals surface area contributed by atoms with E-state index in [1.54, 1.807) is 42.5 Å². The minimum atomic E-state index is -0.443. The predicted molar refractivity (Wildman–Crippen MR) is 247 cm³/mol. The number of rotatable bonds is 39. The second-order valence-electron chi connectivity index (χ2n) is 16.8. The smallest absolute Gasteiger partial charge is 0.338 e. The topological polar surface area (TPSA) is 133 Å². The van der Waals surface area contributed by atoms with E-state index >= 15 is 0 Å². The summed E-state index contributed by atoms with van der Waals surface area (Å²) in [6.45, 7) is 10.7. The minimum Gasteiger partial charge on any atom is -0.490 e. The molecule has 12 nitrogen and oxygen atoms in total. The van der Waals surface area contributed by atoms with Crippen LogP contribution in [0.15, 0.2) is 67.8 Å². The lowest BCUT2D eigenvalue weighted by Gasteiger charge is -2.23. The molecule has 0 fully saturated rings. The van der Waals surface area contributed by atoms with Crippen molar-refractivity contribution in [2.24, 2.45) is 0 Å². The van der Waals surface area contributed by atoms with Crippen molar-refractivity contribution in [3.05, 3.63) is 78.9 Å². The van der Waals surface area contributed by atoms with E-state index in [9.17, 15) is 19.2 Å². The van der Waals surface area contributed by atoms with E-state index in [4.69, 9.17) is 33.2 Å². The number of likely N-dealkylation sites (N-methyl/N-ethyl adjacent to an activating group) is 1. The zero-order chi connectivity index (χ0) is 45.8. The van der Waals surface area contributed by atoms with Gasteiger partial charge in [0, 0.05) is 12.2 Å². The molecule has 352 valence electrons. The predicted octanol–water partition coefficient (Wildman–Crippen LogP) is 10.8. The Labute approximate surface area is 378 Å². The highest BCUT2D eigenvalue weighted by Gasteiger charge is 2.14. The Balaban J connectivity index is 1.73. The molecule has 0 amide bonds. The fourth-order valence-electron chi connectivity index (χ4n) is 6.40. The number of quaternary nitrogens is 1. The molecule has 0 saturated heterocycles. The lowest BCUT2D eigenvalue weighted by Crippen LogP contribution is -2.38. The van der Waals surface area contributed by atoms with Crippen LogP contribution in [0.2, 0.25) is 0 Å². The first kappa shape index (κ1) is 54.3. The maximum atomic E-state index is 13.0. The number of esters is 4. The van der Waals surface area contributed by atoms with Crippen molar-refractivity contribution in [1.29, 1.82) is 0 Å². The zero-order valence-electron chi connectivity index (χ0n) is 38.8. The average molecular weight is 881 g/mol. The number of carbonyl (C=O) groups is 4. The van der Waals surface area contributed by atoms with Crippen LogP contribution < -0.4 is 14.2 Å². The van der Waals surface area contributed by atoms with Crippen LogP contribution in [0.25, 0.3) is 0 Å². The molecule has 0 aliphatic carbocycles. The van der Waals surface area contributed by atoms with E-state index in [1.807, 2.05) is 0 Å². The molecular formula is C51H78NO11+. The number of unbranched alkanes of at least 4 members (excludes halogenated alkanes) is 17. The summed E-state index contributed by atoms with van der Waals surface area (Å²) >= 11 is 0. The van der Waals surface area contributed by atoms with Crippen LogP contribution >= 0.6 is 0 Å². The molecule has 0 atom stereocenters. The Morgan fingerprint density at radius 1 is 0.429 bits per heavy atom. The molecule has 2 aromatic carbocycles. The molecule has 2 aromatic rings. The van der Waals surface area contributed by atoms with E-state index in [-0.39, 0.29) is 25.2 Å². The molecule has 0 bridgehead atoms. The summed E-state index contributed by atoms with van der Waals surface area (Å²) in [4.78, 5) is 47.8. The van der Waals surface area contributed by atoms with Crippen molar-refractivity contribution in [3.8, 4) is 17.2 Å². The zero-order valence-corrected chi connectivity index (χ0v) is 38.8. The summed E-state index contributed by atoms with van der Waals surface area (Å²) in [5, 5.41) is 0. The highest BCUT2D eigenvalue weighted by Crippen LogP contribution is 2.30. The maximum absolute atomic E-state index is 13.0. The monoisotopic (exact) mass is 881 g/mol. The Morgan fingerprint density at radius 2 is 0.794 bits per heavy atom. The molecule has 12 heteroatoms. The molecule has 0 spiro atoms. The fourth-order valence-corrected chi connectivity index (χ4v) is 6.40. The van der Waals surface area contributed by atoms with Crippen molar-refractivity contribution in [2.75, 3.05) is 73.9 Å². The fraction of sp³-hybridized carbons (Fsp3) is 0.608. The number of hydrogen-bond acceptors (Lipinski definition) is 11.